The molecule has 1 saturated heterocycles. The molecule has 5 heteroatoms. The lowest BCUT2D eigenvalue weighted by molar-refractivity contribution is -0.139. The maximum Gasteiger partial charge on any atom is 0.250 e. The van der Waals surface area contributed by atoms with Crippen LogP contribution in [-0.2, 0) is 11.3 Å². The van der Waals surface area contributed by atoms with E-state index in [-0.39, 0.29) is 17.4 Å². The third-order valence-electron chi connectivity index (χ3n) is 4.87. The fraction of sp³-hybridized carbons (Fsp3) is 0.647. The van der Waals surface area contributed by atoms with E-state index in [4.69, 9.17) is 0 Å². The van der Waals surface area contributed by atoms with Gasteiger partial charge in [0.2, 0.25) is 5.91 Å². The molecule has 22 heavy (non-hydrogen) atoms. The number of hydrogen-bond acceptors (Lipinski definition) is 3. The van der Waals surface area contributed by atoms with Gasteiger partial charge in [0.25, 0.3) is 5.56 Å². The predicted octanol–water partition coefficient (Wildman–Crippen LogP) is 1.56. The van der Waals surface area contributed by atoms with Gasteiger partial charge in [-0.15, -0.1) is 0 Å². The minimum atomic E-state index is -0.682. The molecule has 2 rings (SSSR count). The van der Waals surface area contributed by atoms with Crippen molar-refractivity contribution in [2.75, 3.05) is 13.1 Å². The van der Waals surface area contributed by atoms with E-state index < -0.39 is 5.60 Å². The standard InChI is InChI=1S/C17H26N2O3/c1-4-14-12-18(11-9-17(14,3)22)15(20)8-10-19-13(2)6-5-7-16(19)21/h5-7,14,22H,4,8-12H2,1-3H3/t14-,17+/m0/s1. The first-order chi connectivity index (χ1) is 10.3. The van der Waals surface area contributed by atoms with Crippen LogP contribution in [0.3, 0.4) is 0 Å². The third-order valence-corrected chi connectivity index (χ3v) is 4.87. The highest BCUT2D eigenvalue weighted by Gasteiger charge is 2.37. The predicted molar refractivity (Wildman–Crippen MR) is 85.7 cm³/mol. The van der Waals surface area contributed by atoms with Crippen molar-refractivity contribution in [1.29, 1.82) is 0 Å². The van der Waals surface area contributed by atoms with E-state index in [1.165, 1.54) is 6.07 Å². The monoisotopic (exact) mass is 306 g/mol. The van der Waals surface area contributed by atoms with E-state index in [1.54, 1.807) is 10.6 Å². The number of pyridine rings is 1. The quantitative estimate of drug-likeness (QED) is 0.918. The van der Waals surface area contributed by atoms with E-state index in [9.17, 15) is 14.7 Å². The second-order valence-corrected chi connectivity index (χ2v) is 6.46. The molecule has 1 aliphatic heterocycles. The van der Waals surface area contributed by atoms with Crippen molar-refractivity contribution in [2.24, 2.45) is 5.92 Å². The fourth-order valence-corrected chi connectivity index (χ4v) is 3.19. The molecule has 2 heterocycles. The van der Waals surface area contributed by atoms with Crippen LogP contribution in [0, 0.1) is 12.8 Å². The summed E-state index contributed by atoms with van der Waals surface area (Å²) in [7, 11) is 0. The number of hydrogen-bond donors (Lipinski definition) is 1. The zero-order valence-corrected chi connectivity index (χ0v) is 13.7. The van der Waals surface area contributed by atoms with Gasteiger partial charge < -0.3 is 14.6 Å². The molecular weight excluding hydrogens is 280 g/mol. The van der Waals surface area contributed by atoms with Crippen molar-refractivity contribution in [3.63, 3.8) is 0 Å². The number of piperidine rings is 1. The highest BCUT2D eigenvalue weighted by molar-refractivity contribution is 5.76. The average Bonchev–Trinajstić information content (AvgIpc) is 2.46. The van der Waals surface area contributed by atoms with E-state index >= 15 is 0 Å². The van der Waals surface area contributed by atoms with Crippen LogP contribution in [-0.4, -0.2) is 39.2 Å². The van der Waals surface area contributed by atoms with Crippen LogP contribution in [0.5, 0.6) is 0 Å². The summed E-state index contributed by atoms with van der Waals surface area (Å²) < 4.78 is 1.63. The Bertz CT molecular complexity index is 592. The van der Waals surface area contributed by atoms with Gasteiger partial charge in [0.1, 0.15) is 0 Å². The Hall–Kier alpha value is -1.62. The van der Waals surface area contributed by atoms with Crippen molar-refractivity contribution >= 4 is 5.91 Å². The van der Waals surface area contributed by atoms with Crippen molar-refractivity contribution in [2.45, 2.75) is 52.2 Å². The number of carbonyl (C=O) groups is 1. The lowest BCUT2D eigenvalue weighted by atomic mass is 9.81. The fourth-order valence-electron chi connectivity index (χ4n) is 3.19. The van der Waals surface area contributed by atoms with Gasteiger partial charge in [-0.2, -0.15) is 0 Å². The van der Waals surface area contributed by atoms with E-state index in [0.717, 1.165) is 12.1 Å². The molecule has 1 aromatic heterocycles. The Morgan fingerprint density at radius 2 is 2.18 bits per heavy atom. The number of rotatable bonds is 4. The van der Waals surface area contributed by atoms with Gasteiger partial charge in [-0.3, -0.25) is 9.59 Å². The summed E-state index contributed by atoms with van der Waals surface area (Å²) in [6.07, 6.45) is 1.79. The van der Waals surface area contributed by atoms with Gasteiger partial charge in [0.05, 0.1) is 5.60 Å². The molecule has 0 radical (unpaired) electrons. The molecule has 2 atom stereocenters. The molecule has 1 aromatic rings. The second-order valence-electron chi connectivity index (χ2n) is 6.46. The SMILES string of the molecule is CC[C@H]1CN(C(=O)CCn2c(C)cccc2=O)CC[C@@]1(C)O. The summed E-state index contributed by atoms with van der Waals surface area (Å²) in [5.74, 6) is 0.176. The van der Waals surface area contributed by atoms with Crippen molar-refractivity contribution in [3.8, 4) is 0 Å². The van der Waals surface area contributed by atoms with Crippen LogP contribution in [0.2, 0.25) is 0 Å². The third kappa shape index (κ3) is 3.58. The van der Waals surface area contributed by atoms with E-state index in [1.807, 2.05) is 31.7 Å². The van der Waals surface area contributed by atoms with Gasteiger partial charge in [-0.05, 0) is 32.8 Å². The molecule has 122 valence electrons. The van der Waals surface area contributed by atoms with Crippen molar-refractivity contribution < 1.29 is 9.90 Å². The molecule has 0 bridgehead atoms. The van der Waals surface area contributed by atoms with E-state index in [2.05, 4.69) is 0 Å². The molecule has 0 aromatic carbocycles. The summed E-state index contributed by atoms with van der Waals surface area (Å²) in [5, 5.41) is 10.3. The average molecular weight is 306 g/mol. The summed E-state index contributed by atoms with van der Waals surface area (Å²) in [4.78, 5) is 26.0. The minimum absolute atomic E-state index is 0.0594. The first-order valence-corrected chi connectivity index (χ1v) is 8.01. The molecule has 0 spiro atoms. The summed E-state index contributed by atoms with van der Waals surface area (Å²) in [6, 6.07) is 5.12. The maximum absolute atomic E-state index is 12.4. The molecule has 5 nitrogen and oxygen atoms in total. The number of likely N-dealkylation sites (tertiary alicyclic amines) is 1. The van der Waals surface area contributed by atoms with Gasteiger partial charge in [-0.1, -0.05) is 13.0 Å². The first kappa shape index (κ1) is 16.7. The number of carbonyl (C=O) groups excluding carboxylic acids is 1. The molecular formula is C17H26N2O3. The smallest absolute Gasteiger partial charge is 0.250 e. The lowest BCUT2D eigenvalue weighted by Gasteiger charge is -2.42. The van der Waals surface area contributed by atoms with Crippen LogP contribution in [0.1, 0.15) is 38.8 Å². The topological polar surface area (TPSA) is 62.5 Å². The zero-order valence-electron chi connectivity index (χ0n) is 13.7. The van der Waals surface area contributed by atoms with Gasteiger partial charge in [-0.25, -0.2) is 0 Å². The van der Waals surface area contributed by atoms with Gasteiger partial charge in [0.15, 0.2) is 0 Å². The van der Waals surface area contributed by atoms with Crippen LogP contribution in [0.15, 0.2) is 23.0 Å². The molecule has 1 amide bonds. The molecule has 0 saturated carbocycles. The minimum Gasteiger partial charge on any atom is -0.390 e. The van der Waals surface area contributed by atoms with Crippen LogP contribution in [0.25, 0.3) is 0 Å². The van der Waals surface area contributed by atoms with Gasteiger partial charge in [0, 0.05) is 43.7 Å². The molecule has 0 aliphatic carbocycles. The number of aliphatic hydroxyl groups is 1. The Kier molecular flexibility index (Phi) is 5.06. The highest BCUT2D eigenvalue weighted by Crippen LogP contribution is 2.30. The molecule has 1 N–H and O–H groups in total. The summed E-state index contributed by atoms with van der Waals surface area (Å²) in [5.41, 5.74) is 0.118. The number of nitrogens with zero attached hydrogens (tertiary/aromatic N) is 2. The molecule has 1 aliphatic rings. The Morgan fingerprint density at radius 1 is 1.45 bits per heavy atom. The Morgan fingerprint density at radius 3 is 2.82 bits per heavy atom. The second kappa shape index (κ2) is 6.65. The summed E-state index contributed by atoms with van der Waals surface area (Å²) >= 11 is 0. The van der Waals surface area contributed by atoms with Crippen molar-refractivity contribution in [1.82, 2.24) is 9.47 Å². The largest absolute Gasteiger partial charge is 0.390 e. The number of amides is 1. The maximum atomic E-state index is 12.4. The molecule has 0 unspecified atom stereocenters. The van der Waals surface area contributed by atoms with Crippen LogP contribution >= 0.6 is 0 Å². The highest BCUT2D eigenvalue weighted by atomic mass is 16.3. The summed E-state index contributed by atoms with van der Waals surface area (Å²) in [6.45, 7) is 7.37. The van der Waals surface area contributed by atoms with Crippen molar-refractivity contribution in [3.05, 3.63) is 34.2 Å². The Labute approximate surface area is 131 Å². The van der Waals surface area contributed by atoms with E-state index in [0.29, 0.717) is 32.5 Å². The number of aromatic nitrogens is 1. The zero-order chi connectivity index (χ0) is 16.3. The normalized spacial score (nSPS) is 25.3. The lowest BCUT2D eigenvalue weighted by Crippen LogP contribution is -2.51. The number of aryl methyl sites for hydroxylation is 1. The van der Waals surface area contributed by atoms with Gasteiger partial charge >= 0.3 is 0 Å². The Balaban J connectivity index is 1.97. The first-order valence-electron chi connectivity index (χ1n) is 8.01. The van der Waals surface area contributed by atoms with Crippen LogP contribution in [0.4, 0.5) is 0 Å². The van der Waals surface area contributed by atoms with Crippen LogP contribution < -0.4 is 5.56 Å². The molecule has 1 fully saturated rings.